The lowest BCUT2D eigenvalue weighted by Crippen LogP contribution is -2.56. The lowest BCUT2D eigenvalue weighted by molar-refractivity contribution is -0.174. The first-order valence-corrected chi connectivity index (χ1v) is 12.6. The van der Waals surface area contributed by atoms with Gasteiger partial charge < -0.3 is 24.8 Å². The maximum absolute atomic E-state index is 15.1. The van der Waals surface area contributed by atoms with Crippen molar-refractivity contribution in [3.05, 3.63) is 38.8 Å². The molecular weight excluding hydrogens is 471 g/mol. The molecule has 1 aliphatic heterocycles. The molecule has 1 aliphatic carbocycles. The number of aliphatic hydroxyl groups is 1. The van der Waals surface area contributed by atoms with Crippen molar-refractivity contribution >= 4 is 22.5 Å². The number of carbonyl (C=O) groups is 1. The average molecular weight is 507 g/mol. The van der Waals surface area contributed by atoms with E-state index in [0.717, 1.165) is 36.3 Å². The number of methoxy groups -OCH3 is 1. The first-order chi connectivity index (χ1) is 17.2. The third-order valence-electron chi connectivity index (χ3n) is 7.09. The van der Waals surface area contributed by atoms with Crippen molar-refractivity contribution in [2.75, 3.05) is 32.2 Å². The summed E-state index contributed by atoms with van der Waals surface area (Å²) in [5, 5.41) is 13.4. The molecule has 1 saturated heterocycles. The zero-order valence-corrected chi connectivity index (χ0v) is 21.0. The first-order valence-electron chi connectivity index (χ1n) is 12.6. The summed E-state index contributed by atoms with van der Waals surface area (Å²) in [5.74, 6) is -1.11. The molecule has 2 unspecified atom stereocenters. The Kier molecular flexibility index (Phi) is 8.11. The minimum absolute atomic E-state index is 0.0262. The third-order valence-corrected chi connectivity index (χ3v) is 7.09. The van der Waals surface area contributed by atoms with Crippen LogP contribution in [0.3, 0.4) is 0 Å². The van der Waals surface area contributed by atoms with Gasteiger partial charge in [0.15, 0.2) is 6.29 Å². The molecule has 10 nitrogen and oxygen atoms in total. The number of nitrogens with zero attached hydrogens (tertiary/aromatic N) is 3. The van der Waals surface area contributed by atoms with Gasteiger partial charge in [0, 0.05) is 25.7 Å². The number of hydrogen-bond acceptors (Lipinski definition) is 7. The van der Waals surface area contributed by atoms with Crippen LogP contribution in [0.2, 0.25) is 0 Å². The number of aliphatic hydroxyl groups excluding tert-OH is 1. The normalized spacial score (nSPS) is 20.2. The Morgan fingerprint density at radius 1 is 1.25 bits per heavy atom. The maximum Gasteiger partial charge on any atom is 0.332 e. The van der Waals surface area contributed by atoms with Crippen molar-refractivity contribution in [1.29, 1.82) is 0 Å². The van der Waals surface area contributed by atoms with Gasteiger partial charge in [-0.05, 0) is 38.8 Å². The fourth-order valence-electron chi connectivity index (χ4n) is 5.17. The second-order valence-corrected chi connectivity index (χ2v) is 9.82. The molecule has 1 aromatic heterocycles. The molecule has 198 valence electrons. The van der Waals surface area contributed by atoms with E-state index >= 15 is 4.39 Å². The molecule has 2 fully saturated rings. The largest absolute Gasteiger partial charge is 0.380 e. The zero-order valence-electron chi connectivity index (χ0n) is 21.0. The van der Waals surface area contributed by atoms with E-state index < -0.39 is 41.9 Å². The van der Waals surface area contributed by atoms with Crippen LogP contribution in [0.15, 0.2) is 21.7 Å². The van der Waals surface area contributed by atoms with Crippen LogP contribution in [0.1, 0.15) is 52.0 Å². The number of halogens is 1. The summed E-state index contributed by atoms with van der Waals surface area (Å²) in [5.41, 5.74) is -0.799. The standard InChI is InChI=1S/C25H35FN4O6/c1-15(2)30-20-12-19(27-16-7-5-4-6-8-16)18(26)11-17(20)23(32)29(25(30)34)13-22(31)28-9-10-36-14-21(28)24(33)35-3/h11-12,15-16,21,24,27,33H,4-10,13-14H2,1-3H3. The quantitative estimate of drug-likeness (QED) is 0.551. The van der Waals surface area contributed by atoms with E-state index in [-0.39, 0.29) is 42.9 Å². The van der Waals surface area contributed by atoms with E-state index in [1.165, 1.54) is 29.1 Å². The fraction of sp³-hybridized carbons (Fsp3) is 0.640. The zero-order chi connectivity index (χ0) is 26.0. The summed E-state index contributed by atoms with van der Waals surface area (Å²) in [7, 11) is 1.31. The first kappa shape index (κ1) is 26.3. The summed E-state index contributed by atoms with van der Waals surface area (Å²) in [6, 6.07) is 1.70. The van der Waals surface area contributed by atoms with E-state index in [0.29, 0.717) is 5.52 Å². The topological polar surface area (TPSA) is 115 Å². The number of nitrogens with one attached hydrogen (secondary N) is 1. The lowest BCUT2D eigenvalue weighted by Gasteiger charge is -2.37. The highest BCUT2D eigenvalue weighted by molar-refractivity contribution is 5.83. The Balaban J connectivity index is 1.73. The molecule has 0 spiro atoms. The molecule has 0 bridgehead atoms. The molecule has 2 heterocycles. The van der Waals surface area contributed by atoms with Crippen LogP contribution in [-0.2, 0) is 20.8 Å². The minimum atomic E-state index is -1.28. The predicted molar refractivity (Wildman–Crippen MR) is 133 cm³/mol. The molecule has 0 radical (unpaired) electrons. The van der Waals surface area contributed by atoms with Gasteiger partial charge >= 0.3 is 5.69 Å². The van der Waals surface area contributed by atoms with Gasteiger partial charge in [-0.1, -0.05) is 19.3 Å². The Bertz CT molecular complexity index is 1220. The van der Waals surface area contributed by atoms with E-state index in [4.69, 9.17) is 9.47 Å². The van der Waals surface area contributed by atoms with E-state index in [1.54, 1.807) is 13.8 Å². The van der Waals surface area contributed by atoms with Crippen LogP contribution in [0.4, 0.5) is 10.1 Å². The van der Waals surface area contributed by atoms with Crippen molar-refractivity contribution in [2.24, 2.45) is 0 Å². The number of aromatic nitrogens is 2. The van der Waals surface area contributed by atoms with Gasteiger partial charge in [0.2, 0.25) is 5.91 Å². The molecule has 1 saturated carbocycles. The predicted octanol–water partition coefficient (Wildman–Crippen LogP) is 1.82. The monoisotopic (exact) mass is 506 g/mol. The molecule has 2 aliphatic rings. The number of amides is 1. The van der Waals surface area contributed by atoms with Crippen molar-refractivity contribution in [3.8, 4) is 0 Å². The number of carbonyl (C=O) groups excluding carboxylic acids is 1. The van der Waals surface area contributed by atoms with E-state index in [2.05, 4.69) is 5.32 Å². The maximum atomic E-state index is 15.1. The number of anilines is 1. The van der Waals surface area contributed by atoms with Crippen LogP contribution in [0, 0.1) is 5.82 Å². The van der Waals surface area contributed by atoms with Crippen LogP contribution < -0.4 is 16.6 Å². The smallest absolute Gasteiger partial charge is 0.332 e. The van der Waals surface area contributed by atoms with Gasteiger partial charge in [-0.25, -0.2) is 9.18 Å². The SMILES string of the molecule is COC(O)C1COCCN1C(=O)Cn1c(=O)c2cc(F)c(NC3CCCCC3)cc2n(C(C)C)c1=O. The Labute approximate surface area is 208 Å². The van der Waals surface area contributed by atoms with Gasteiger partial charge in [-0.3, -0.25) is 18.7 Å². The molecule has 1 amide bonds. The van der Waals surface area contributed by atoms with Gasteiger partial charge in [0.25, 0.3) is 5.56 Å². The Morgan fingerprint density at radius 3 is 2.64 bits per heavy atom. The van der Waals surface area contributed by atoms with Crippen molar-refractivity contribution in [2.45, 2.75) is 76.9 Å². The molecule has 11 heteroatoms. The van der Waals surface area contributed by atoms with Crippen molar-refractivity contribution < 1.29 is 23.8 Å². The minimum Gasteiger partial charge on any atom is -0.380 e. The number of benzene rings is 1. The van der Waals surface area contributed by atoms with Gasteiger partial charge in [0.1, 0.15) is 18.4 Å². The van der Waals surface area contributed by atoms with Crippen molar-refractivity contribution in [3.63, 3.8) is 0 Å². The summed E-state index contributed by atoms with van der Waals surface area (Å²) in [6.07, 6.45) is 3.93. The summed E-state index contributed by atoms with van der Waals surface area (Å²) in [6.45, 7) is 3.53. The highest BCUT2D eigenvalue weighted by Gasteiger charge is 2.33. The molecular formula is C25H35FN4O6. The number of rotatable bonds is 7. The lowest BCUT2D eigenvalue weighted by atomic mass is 9.95. The molecule has 1 aromatic carbocycles. The van der Waals surface area contributed by atoms with E-state index in [1.807, 2.05) is 0 Å². The summed E-state index contributed by atoms with van der Waals surface area (Å²) < 4.78 is 27.7. The second-order valence-electron chi connectivity index (χ2n) is 9.82. The highest BCUT2D eigenvalue weighted by Crippen LogP contribution is 2.26. The van der Waals surface area contributed by atoms with E-state index in [9.17, 15) is 19.5 Å². The number of hydrogen-bond donors (Lipinski definition) is 2. The van der Waals surface area contributed by atoms with Crippen LogP contribution in [-0.4, -0.2) is 70.3 Å². The summed E-state index contributed by atoms with van der Waals surface area (Å²) >= 11 is 0. The van der Waals surface area contributed by atoms with Crippen LogP contribution >= 0.6 is 0 Å². The molecule has 2 N–H and O–H groups in total. The molecule has 4 rings (SSSR count). The summed E-state index contributed by atoms with van der Waals surface area (Å²) in [4.78, 5) is 41.4. The Morgan fingerprint density at radius 2 is 1.97 bits per heavy atom. The van der Waals surface area contributed by atoms with Gasteiger partial charge in [-0.15, -0.1) is 0 Å². The van der Waals surface area contributed by atoms with Gasteiger partial charge in [-0.2, -0.15) is 0 Å². The second kappa shape index (κ2) is 11.1. The third kappa shape index (κ3) is 5.18. The number of morpholine rings is 1. The molecule has 2 aromatic rings. The molecule has 36 heavy (non-hydrogen) atoms. The number of ether oxygens (including phenoxy) is 2. The van der Waals surface area contributed by atoms with Gasteiger partial charge in [0.05, 0.1) is 29.8 Å². The van der Waals surface area contributed by atoms with Crippen LogP contribution in [0.25, 0.3) is 10.9 Å². The fourth-order valence-corrected chi connectivity index (χ4v) is 5.17. The Hall–Kier alpha value is -2.76. The van der Waals surface area contributed by atoms with Crippen molar-refractivity contribution in [1.82, 2.24) is 14.0 Å². The molecule has 2 atom stereocenters. The number of fused-ring (bicyclic) bond motifs is 1. The highest BCUT2D eigenvalue weighted by atomic mass is 19.1. The average Bonchev–Trinajstić information content (AvgIpc) is 2.87. The van der Waals surface area contributed by atoms with Crippen LogP contribution in [0.5, 0.6) is 0 Å².